The topological polar surface area (TPSA) is 49.4 Å². The van der Waals surface area contributed by atoms with E-state index in [1.54, 1.807) is 7.05 Å². The minimum absolute atomic E-state index is 0.169. The molecule has 1 N–H and O–H groups in total. The van der Waals surface area contributed by atoms with Crippen molar-refractivity contribution in [3.05, 3.63) is 65.7 Å². The Morgan fingerprint density at radius 1 is 1.08 bits per heavy atom. The first-order valence-corrected chi connectivity index (χ1v) is 7.78. The molecule has 0 heterocycles. The summed E-state index contributed by atoms with van der Waals surface area (Å²) in [6, 6.07) is 12.2. The van der Waals surface area contributed by atoms with Gasteiger partial charge < -0.3 is 10.2 Å². The number of anilines is 1. The first-order valence-electron chi connectivity index (χ1n) is 7.78. The molecule has 0 aromatic heterocycles. The standard InChI is InChI=1S/C19H20F2N2O2/c1-19(2,17(24)22-16-10-9-14(20)11-15(16)21)18(25)23(3)12-13-7-5-4-6-8-13/h4-11H,12H2,1-3H3,(H,22,24). The number of nitrogens with one attached hydrogen (secondary N) is 1. The molecule has 0 spiro atoms. The normalized spacial score (nSPS) is 11.1. The van der Waals surface area contributed by atoms with Gasteiger partial charge in [0.2, 0.25) is 11.8 Å². The van der Waals surface area contributed by atoms with Crippen LogP contribution in [0, 0.1) is 17.0 Å². The van der Waals surface area contributed by atoms with E-state index in [4.69, 9.17) is 0 Å². The maximum Gasteiger partial charge on any atom is 0.239 e. The van der Waals surface area contributed by atoms with Crippen molar-refractivity contribution in [3.63, 3.8) is 0 Å². The summed E-state index contributed by atoms with van der Waals surface area (Å²) in [7, 11) is 1.60. The van der Waals surface area contributed by atoms with Gasteiger partial charge in [-0.05, 0) is 31.5 Å². The number of nitrogens with zero attached hydrogens (tertiary/aromatic N) is 1. The van der Waals surface area contributed by atoms with E-state index in [0.29, 0.717) is 12.6 Å². The molecule has 0 bridgehead atoms. The first kappa shape index (κ1) is 18.6. The Balaban J connectivity index is 2.10. The van der Waals surface area contributed by atoms with Crippen molar-refractivity contribution in [2.45, 2.75) is 20.4 Å². The van der Waals surface area contributed by atoms with E-state index < -0.39 is 28.9 Å². The lowest BCUT2D eigenvalue weighted by Gasteiger charge is -2.28. The highest BCUT2D eigenvalue weighted by Crippen LogP contribution is 2.24. The fourth-order valence-electron chi connectivity index (χ4n) is 2.37. The number of halogens is 2. The number of hydrogen-bond acceptors (Lipinski definition) is 2. The molecule has 0 saturated heterocycles. The zero-order chi connectivity index (χ0) is 18.6. The van der Waals surface area contributed by atoms with Gasteiger partial charge in [-0.25, -0.2) is 8.78 Å². The Labute approximate surface area is 145 Å². The summed E-state index contributed by atoms with van der Waals surface area (Å²) in [5, 5.41) is 2.35. The van der Waals surface area contributed by atoms with Gasteiger partial charge in [-0.3, -0.25) is 9.59 Å². The second-order valence-electron chi connectivity index (χ2n) is 6.35. The van der Waals surface area contributed by atoms with Crippen LogP contribution in [0.5, 0.6) is 0 Å². The lowest BCUT2D eigenvalue weighted by molar-refractivity contribution is -0.145. The fraction of sp³-hybridized carbons (Fsp3) is 0.263. The Kier molecular flexibility index (Phi) is 5.51. The molecule has 6 heteroatoms. The average Bonchev–Trinajstić information content (AvgIpc) is 2.57. The molecule has 0 radical (unpaired) electrons. The van der Waals surface area contributed by atoms with Crippen LogP contribution in [0.3, 0.4) is 0 Å². The van der Waals surface area contributed by atoms with E-state index in [1.807, 2.05) is 30.3 Å². The summed E-state index contributed by atoms with van der Waals surface area (Å²) in [4.78, 5) is 26.5. The summed E-state index contributed by atoms with van der Waals surface area (Å²) in [6.45, 7) is 3.28. The molecule has 25 heavy (non-hydrogen) atoms. The monoisotopic (exact) mass is 346 g/mol. The minimum atomic E-state index is -1.41. The SMILES string of the molecule is CN(Cc1ccccc1)C(=O)C(C)(C)C(=O)Nc1ccc(F)cc1F. The van der Waals surface area contributed by atoms with Crippen molar-refractivity contribution in [1.82, 2.24) is 4.90 Å². The van der Waals surface area contributed by atoms with E-state index in [-0.39, 0.29) is 5.69 Å². The number of rotatable bonds is 5. The van der Waals surface area contributed by atoms with Crippen LogP contribution >= 0.6 is 0 Å². The third kappa shape index (κ3) is 4.41. The van der Waals surface area contributed by atoms with Gasteiger partial charge >= 0.3 is 0 Å². The quantitative estimate of drug-likeness (QED) is 0.841. The Morgan fingerprint density at radius 2 is 1.72 bits per heavy atom. The van der Waals surface area contributed by atoms with Crippen molar-refractivity contribution < 1.29 is 18.4 Å². The van der Waals surface area contributed by atoms with Gasteiger partial charge in [-0.1, -0.05) is 30.3 Å². The van der Waals surface area contributed by atoms with Gasteiger partial charge in [0, 0.05) is 19.7 Å². The van der Waals surface area contributed by atoms with E-state index in [0.717, 1.165) is 17.7 Å². The average molecular weight is 346 g/mol. The van der Waals surface area contributed by atoms with Crippen LogP contribution in [0.4, 0.5) is 14.5 Å². The molecule has 0 fully saturated rings. The molecule has 2 aromatic carbocycles. The molecule has 0 aliphatic heterocycles. The second-order valence-corrected chi connectivity index (χ2v) is 6.35. The first-order chi connectivity index (χ1) is 11.7. The van der Waals surface area contributed by atoms with Crippen LogP contribution in [0.2, 0.25) is 0 Å². The Morgan fingerprint density at radius 3 is 2.32 bits per heavy atom. The number of benzene rings is 2. The second kappa shape index (κ2) is 7.42. The molecule has 0 saturated carbocycles. The van der Waals surface area contributed by atoms with Gasteiger partial charge in [0.15, 0.2) is 0 Å². The summed E-state index contributed by atoms with van der Waals surface area (Å²) >= 11 is 0. The summed E-state index contributed by atoms with van der Waals surface area (Å²) in [6.07, 6.45) is 0. The van der Waals surface area contributed by atoms with Crippen LogP contribution in [0.1, 0.15) is 19.4 Å². The highest BCUT2D eigenvalue weighted by molar-refractivity contribution is 6.09. The fourth-order valence-corrected chi connectivity index (χ4v) is 2.37. The maximum atomic E-state index is 13.7. The predicted molar refractivity (Wildman–Crippen MR) is 91.7 cm³/mol. The van der Waals surface area contributed by atoms with Crippen LogP contribution < -0.4 is 5.32 Å². The number of carbonyl (C=O) groups excluding carboxylic acids is 2. The third-order valence-electron chi connectivity index (χ3n) is 3.89. The van der Waals surface area contributed by atoms with E-state index in [2.05, 4.69) is 5.32 Å². The minimum Gasteiger partial charge on any atom is -0.341 e. The van der Waals surface area contributed by atoms with Crippen LogP contribution in [-0.4, -0.2) is 23.8 Å². The molecule has 2 aromatic rings. The lowest BCUT2D eigenvalue weighted by Crippen LogP contribution is -2.45. The molecule has 132 valence electrons. The molecular weight excluding hydrogens is 326 g/mol. The van der Waals surface area contributed by atoms with Crippen molar-refractivity contribution in [2.24, 2.45) is 5.41 Å². The zero-order valence-corrected chi connectivity index (χ0v) is 14.3. The maximum absolute atomic E-state index is 13.7. The lowest BCUT2D eigenvalue weighted by atomic mass is 9.90. The molecule has 0 aliphatic rings. The Hall–Kier alpha value is -2.76. The van der Waals surface area contributed by atoms with Gasteiger partial charge in [0.1, 0.15) is 17.0 Å². The molecule has 2 rings (SSSR count). The zero-order valence-electron chi connectivity index (χ0n) is 14.3. The molecular formula is C19H20F2N2O2. The number of amides is 2. The summed E-state index contributed by atoms with van der Waals surface area (Å²) in [5.41, 5.74) is -0.651. The van der Waals surface area contributed by atoms with Crippen LogP contribution in [0.15, 0.2) is 48.5 Å². The van der Waals surface area contributed by atoms with Gasteiger partial charge in [0.25, 0.3) is 0 Å². The summed E-state index contributed by atoms with van der Waals surface area (Å²) in [5.74, 6) is -2.71. The smallest absolute Gasteiger partial charge is 0.239 e. The van der Waals surface area contributed by atoms with Gasteiger partial charge in [-0.15, -0.1) is 0 Å². The van der Waals surface area contributed by atoms with Crippen molar-refractivity contribution in [3.8, 4) is 0 Å². The van der Waals surface area contributed by atoms with Crippen molar-refractivity contribution in [1.29, 1.82) is 0 Å². The molecule has 2 amide bonds. The van der Waals surface area contributed by atoms with Gasteiger partial charge in [-0.2, -0.15) is 0 Å². The summed E-state index contributed by atoms with van der Waals surface area (Å²) < 4.78 is 26.6. The Bertz CT molecular complexity index is 776. The molecule has 0 aliphatic carbocycles. The van der Waals surface area contributed by atoms with Crippen LogP contribution in [-0.2, 0) is 16.1 Å². The van der Waals surface area contributed by atoms with Gasteiger partial charge in [0.05, 0.1) is 5.69 Å². The number of hydrogen-bond donors (Lipinski definition) is 1. The van der Waals surface area contributed by atoms with E-state index in [9.17, 15) is 18.4 Å². The largest absolute Gasteiger partial charge is 0.341 e. The highest BCUT2D eigenvalue weighted by Gasteiger charge is 2.38. The molecule has 0 unspecified atom stereocenters. The van der Waals surface area contributed by atoms with Crippen LogP contribution in [0.25, 0.3) is 0 Å². The number of carbonyl (C=O) groups is 2. The van der Waals surface area contributed by atoms with Crippen molar-refractivity contribution in [2.75, 3.05) is 12.4 Å². The third-order valence-corrected chi connectivity index (χ3v) is 3.89. The molecule has 0 atom stereocenters. The van der Waals surface area contributed by atoms with E-state index in [1.165, 1.54) is 18.7 Å². The highest BCUT2D eigenvalue weighted by atomic mass is 19.1. The predicted octanol–water partition coefficient (Wildman–Crippen LogP) is 3.59. The van der Waals surface area contributed by atoms with E-state index >= 15 is 0 Å². The van der Waals surface area contributed by atoms with Crippen molar-refractivity contribution >= 4 is 17.5 Å². The molecule has 4 nitrogen and oxygen atoms in total.